The summed E-state index contributed by atoms with van der Waals surface area (Å²) in [5.41, 5.74) is 0. The van der Waals surface area contributed by atoms with Gasteiger partial charge in [-0.2, -0.15) is 4.99 Å². The third kappa shape index (κ3) is 7.34. The zero-order chi connectivity index (χ0) is 7.33. The van der Waals surface area contributed by atoms with Crippen molar-refractivity contribution in [3.63, 3.8) is 0 Å². The average Bonchev–Trinajstić information content (AvgIpc) is 1.63. The minimum Gasteiger partial charge on any atom is -0.267 e. The lowest BCUT2D eigenvalue weighted by molar-refractivity contribution is 1.54. The van der Waals surface area contributed by atoms with E-state index in [1.807, 2.05) is 0 Å². The van der Waals surface area contributed by atoms with Crippen LogP contribution in [-0.4, -0.2) is 14.2 Å². The third-order valence-corrected chi connectivity index (χ3v) is 1.31. The van der Waals surface area contributed by atoms with Gasteiger partial charge in [0.05, 0.1) is 6.01 Å². The summed E-state index contributed by atoms with van der Waals surface area (Å²) >= 11 is 0. The van der Waals surface area contributed by atoms with Crippen LogP contribution < -0.4 is 0 Å². The van der Waals surface area contributed by atoms with Crippen LogP contribution in [0.1, 0.15) is 0 Å². The van der Waals surface area contributed by atoms with E-state index in [1.54, 1.807) is 0 Å². The molecule has 0 radical (unpaired) electrons. The van der Waals surface area contributed by atoms with E-state index in [9.17, 15) is 0 Å². The molecule has 3 heteroatoms. The van der Waals surface area contributed by atoms with Crippen LogP contribution in [-0.2, 0) is 0 Å². The van der Waals surface area contributed by atoms with E-state index < -0.39 is 8.24 Å². The van der Waals surface area contributed by atoms with E-state index >= 15 is 0 Å². The zero-order valence-corrected chi connectivity index (χ0v) is 7.18. The number of hydrogen-bond donors (Lipinski definition) is 0. The smallest absolute Gasteiger partial charge is 0.186 e. The molecule has 0 atom stereocenters. The van der Waals surface area contributed by atoms with E-state index in [0.29, 0.717) is 0 Å². The van der Waals surface area contributed by atoms with Crippen LogP contribution in [0.2, 0.25) is 19.6 Å². The molecule has 0 aromatic heterocycles. The van der Waals surface area contributed by atoms with E-state index in [0.717, 1.165) is 0 Å². The van der Waals surface area contributed by atoms with Gasteiger partial charge in [0.25, 0.3) is 0 Å². The highest BCUT2D eigenvalue weighted by Crippen LogP contribution is 1.98. The molecule has 0 fully saturated rings. The van der Waals surface area contributed by atoms with Gasteiger partial charge in [-0.15, -0.1) is 0 Å². The summed E-state index contributed by atoms with van der Waals surface area (Å²) in [6.45, 7) is 9.78. The number of hydrogen-bond acceptors (Lipinski definition) is 2. The SMILES string of the molecule is C=CN=C=N[Si](C)(C)C. The Hall–Kier alpha value is -0.663. The second-order valence-electron chi connectivity index (χ2n) is 2.69. The lowest BCUT2D eigenvalue weighted by Crippen LogP contribution is -2.15. The van der Waals surface area contributed by atoms with Crippen LogP contribution >= 0.6 is 0 Å². The molecular weight excluding hydrogens is 128 g/mol. The lowest BCUT2D eigenvalue weighted by Gasteiger charge is -2.02. The Morgan fingerprint density at radius 1 is 1.44 bits per heavy atom. The molecule has 0 unspecified atom stereocenters. The Balaban J connectivity index is 3.99. The largest absolute Gasteiger partial charge is 0.267 e. The standard InChI is InChI=1S/C6H12N2Si/c1-5-7-6-8-9(2,3)4/h5H,1H2,2-4H3. The second kappa shape index (κ2) is 3.38. The van der Waals surface area contributed by atoms with Crippen molar-refractivity contribution in [2.45, 2.75) is 19.6 Å². The van der Waals surface area contributed by atoms with Gasteiger partial charge in [-0.05, 0) is 19.6 Å². The summed E-state index contributed by atoms with van der Waals surface area (Å²) in [5.74, 6) is 0. The van der Waals surface area contributed by atoms with Crippen molar-refractivity contribution in [2.24, 2.45) is 9.65 Å². The molecule has 2 nitrogen and oxygen atoms in total. The molecule has 50 valence electrons. The second-order valence-corrected chi connectivity index (χ2v) is 7.26. The van der Waals surface area contributed by atoms with Crippen molar-refractivity contribution in [1.82, 2.24) is 0 Å². The maximum atomic E-state index is 4.10. The first-order chi connectivity index (χ1) is 4.06. The molecule has 0 rings (SSSR count). The third-order valence-electron chi connectivity index (χ3n) is 0.534. The van der Waals surface area contributed by atoms with Gasteiger partial charge in [-0.25, -0.2) is 0 Å². The monoisotopic (exact) mass is 140 g/mol. The van der Waals surface area contributed by atoms with Gasteiger partial charge in [0, 0.05) is 6.20 Å². The van der Waals surface area contributed by atoms with Crippen molar-refractivity contribution < 1.29 is 0 Å². The molecule has 9 heavy (non-hydrogen) atoms. The first kappa shape index (κ1) is 8.34. The maximum Gasteiger partial charge on any atom is 0.186 e. The fraction of sp³-hybridized carbons (Fsp3) is 0.500. The summed E-state index contributed by atoms with van der Waals surface area (Å²) in [6, 6.07) is 2.57. The van der Waals surface area contributed by atoms with Crippen molar-refractivity contribution in [1.29, 1.82) is 0 Å². The van der Waals surface area contributed by atoms with Gasteiger partial charge in [0.2, 0.25) is 0 Å². The van der Waals surface area contributed by atoms with Crippen molar-refractivity contribution in [3.8, 4) is 0 Å². The first-order valence-electron chi connectivity index (χ1n) is 2.84. The Kier molecular flexibility index (Phi) is 3.13. The Morgan fingerprint density at radius 2 is 2.00 bits per heavy atom. The van der Waals surface area contributed by atoms with Crippen LogP contribution in [0.4, 0.5) is 0 Å². The van der Waals surface area contributed by atoms with Gasteiger partial charge < -0.3 is 0 Å². The van der Waals surface area contributed by atoms with Crippen molar-refractivity contribution in [3.05, 3.63) is 12.8 Å². The van der Waals surface area contributed by atoms with Crippen LogP contribution in [0.3, 0.4) is 0 Å². The number of rotatable bonds is 2. The molecule has 0 heterocycles. The fourth-order valence-corrected chi connectivity index (χ4v) is 0.577. The van der Waals surface area contributed by atoms with Gasteiger partial charge in [-0.3, -0.25) is 4.66 Å². The predicted octanol–water partition coefficient (Wildman–Crippen LogP) is 2.14. The van der Waals surface area contributed by atoms with Crippen LogP contribution in [0.5, 0.6) is 0 Å². The summed E-state index contributed by atoms with van der Waals surface area (Å²) < 4.78 is 4.10. The molecule has 0 aromatic rings. The molecule has 0 N–H and O–H groups in total. The first-order valence-corrected chi connectivity index (χ1v) is 6.28. The van der Waals surface area contributed by atoms with Gasteiger partial charge in [0.15, 0.2) is 8.24 Å². The Bertz CT molecular complexity index is 149. The van der Waals surface area contributed by atoms with Crippen molar-refractivity contribution in [2.75, 3.05) is 0 Å². The predicted molar refractivity (Wildman–Crippen MR) is 43.4 cm³/mol. The Labute approximate surface area is 57.1 Å². The molecule has 0 aliphatic carbocycles. The molecule has 0 spiro atoms. The van der Waals surface area contributed by atoms with E-state index in [-0.39, 0.29) is 0 Å². The topological polar surface area (TPSA) is 24.7 Å². The average molecular weight is 140 g/mol. The van der Waals surface area contributed by atoms with Gasteiger partial charge in [0.1, 0.15) is 0 Å². The number of nitrogens with zero attached hydrogens (tertiary/aromatic N) is 2. The van der Waals surface area contributed by atoms with Crippen LogP contribution in [0.15, 0.2) is 22.4 Å². The molecule has 0 aromatic carbocycles. The van der Waals surface area contributed by atoms with Gasteiger partial charge >= 0.3 is 0 Å². The lowest BCUT2D eigenvalue weighted by atomic mass is 11.1. The number of aliphatic imine (C=N–C) groups is 1. The van der Waals surface area contributed by atoms with Crippen LogP contribution in [0.25, 0.3) is 0 Å². The van der Waals surface area contributed by atoms with Crippen LogP contribution in [0, 0.1) is 0 Å². The summed E-state index contributed by atoms with van der Waals surface area (Å²) in [7, 11) is -1.32. The minimum absolute atomic E-state index is 1.32. The molecule has 0 bridgehead atoms. The molecule has 0 amide bonds. The van der Waals surface area contributed by atoms with E-state index in [2.05, 4.69) is 41.9 Å². The summed E-state index contributed by atoms with van der Waals surface area (Å²) in [5, 5.41) is 0. The highest BCUT2D eigenvalue weighted by molar-refractivity contribution is 6.75. The molecule has 0 aliphatic heterocycles. The molecule has 0 saturated heterocycles. The highest BCUT2D eigenvalue weighted by atomic mass is 28.3. The normalized spacial score (nSPS) is 9.67. The van der Waals surface area contributed by atoms with E-state index in [1.165, 1.54) is 6.20 Å². The minimum atomic E-state index is -1.32. The maximum absolute atomic E-state index is 4.10. The summed E-state index contributed by atoms with van der Waals surface area (Å²) in [6.07, 6.45) is 1.43. The summed E-state index contributed by atoms with van der Waals surface area (Å²) in [4.78, 5) is 3.64. The Morgan fingerprint density at radius 3 is 2.33 bits per heavy atom. The molecular formula is C6H12N2Si. The molecule has 0 saturated carbocycles. The fourth-order valence-electron chi connectivity index (χ4n) is 0.220. The van der Waals surface area contributed by atoms with E-state index in [4.69, 9.17) is 0 Å². The van der Waals surface area contributed by atoms with Gasteiger partial charge in [-0.1, -0.05) is 6.58 Å². The molecule has 0 aliphatic rings. The quantitative estimate of drug-likeness (QED) is 0.415. The highest BCUT2D eigenvalue weighted by Gasteiger charge is 2.08. The van der Waals surface area contributed by atoms with Crippen molar-refractivity contribution >= 4 is 14.2 Å². The zero-order valence-electron chi connectivity index (χ0n) is 6.18.